The molecule has 1 aliphatic carbocycles. The molecule has 3 rings (SSSR count). The fraction of sp³-hybridized carbons (Fsp3) is 0.417. The Hall–Kier alpha value is -2.90. The molecular formula is C24H29NO6. The minimum atomic E-state index is -0.421. The van der Waals surface area contributed by atoms with Gasteiger partial charge in [-0.05, 0) is 28.7 Å². The van der Waals surface area contributed by atoms with Crippen LogP contribution in [0.4, 0.5) is 4.79 Å². The molecule has 2 aromatic rings. The van der Waals surface area contributed by atoms with Gasteiger partial charge in [0.2, 0.25) is 0 Å². The van der Waals surface area contributed by atoms with E-state index in [-0.39, 0.29) is 18.5 Å². The van der Waals surface area contributed by atoms with Crippen LogP contribution in [0.1, 0.15) is 30.4 Å². The highest BCUT2D eigenvalue weighted by Crippen LogP contribution is 2.44. The zero-order chi connectivity index (χ0) is 21.9. The van der Waals surface area contributed by atoms with Crippen molar-refractivity contribution in [2.75, 3.05) is 46.2 Å². The number of hydrogen-bond donors (Lipinski definition) is 1. The summed E-state index contributed by atoms with van der Waals surface area (Å²) in [5.41, 5.74) is 4.80. The number of fused-ring (bicyclic) bond motifs is 3. The SMILES string of the molecule is CC(=O)OCCOCCOCCCNC(=O)OCC1c2ccccc2-c2ccccc21. The molecule has 7 nitrogen and oxygen atoms in total. The van der Waals surface area contributed by atoms with Gasteiger partial charge in [0.1, 0.15) is 13.2 Å². The van der Waals surface area contributed by atoms with E-state index < -0.39 is 6.09 Å². The Morgan fingerprint density at radius 3 is 2.03 bits per heavy atom. The molecule has 0 spiro atoms. The van der Waals surface area contributed by atoms with E-state index in [0.29, 0.717) is 46.0 Å². The summed E-state index contributed by atoms with van der Waals surface area (Å²) in [5.74, 6) is -0.258. The number of amides is 1. The van der Waals surface area contributed by atoms with Crippen molar-refractivity contribution in [3.8, 4) is 11.1 Å². The third kappa shape index (κ3) is 6.80. The number of nitrogens with one attached hydrogen (secondary N) is 1. The first-order chi connectivity index (χ1) is 15.2. The van der Waals surface area contributed by atoms with Crippen molar-refractivity contribution in [3.05, 3.63) is 59.7 Å². The van der Waals surface area contributed by atoms with Gasteiger partial charge in [0.05, 0.1) is 19.8 Å². The highest BCUT2D eigenvalue weighted by molar-refractivity contribution is 5.79. The maximum Gasteiger partial charge on any atom is 0.407 e. The first kappa shape index (κ1) is 22.8. The van der Waals surface area contributed by atoms with Gasteiger partial charge in [0.15, 0.2) is 0 Å². The Balaban J connectivity index is 1.27. The monoisotopic (exact) mass is 427 g/mol. The average Bonchev–Trinajstić information content (AvgIpc) is 3.09. The van der Waals surface area contributed by atoms with Gasteiger partial charge in [-0.1, -0.05) is 48.5 Å². The summed E-state index contributed by atoms with van der Waals surface area (Å²) in [7, 11) is 0. The van der Waals surface area contributed by atoms with E-state index in [4.69, 9.17) is 18.9 Å². The van der Waals surface area contributed by atoms with E-state index in [9.17, 15) is 9.59 Å². The Kier molecular flexibility index (Phi) is 8.87. The first-order valence-corrected chi connectivity index (χ1v) is 10.5. The predicted octanol–water partition coefficient (Wildman–Crippen LogP) is 3.51. The van der Waals surface area contributed by atoms with E-state index in [1.165, 1.54) is 29.2 Å². The molecule has 1 aliphatic rings. The smallest absolute Gasteiger partial charge is 0.407 e. The summed E-state index contributed by atoms with van der Waals surface area (Å²) < 4.78 is 21.0. The summed E-state index contributed by atoms with van der Waals surface area (Å²) >= 11 is 0. The fourth-order valence-corrected chi connectivity index (χ4v) is 3.58. The zero-order valence-electron chi connectivity index (χ0n) is 17.8. The number of esters is 1. The zero-order valence-corrected chi connectivity index (χ0v) is 17.8. The highest BCUT2D eigenvalue weighted by Gasteiger charge is 2.28. The molecular weight excluding hydrogens is 398 g/mol. The minimum Gasteiger partial charge on any atom is -0.463 e. The number of benzene rings is 2. The van der Waals surface area contributed by atoms with E-state index in [0.717, 1.165) is 0 Å². The minimum absolute atomic E-state index is 0.0577. The molecule has 31 heavy (non-hydrogen) atoms. The second kappa shape index (κ2) is 12.1. The van der Waals surface area contributed by atoms with E-state index >= 15 is 0 Å². The lowest BCUT2D eigenvalue weighted by molar-refractivity contribution is -0.142. The van der Waals surface area contributed by atoms with Crippen LogP contribution in [0.2, 0.25) is 0 Å². The van der Waals surface area contributed by atoms with Crippen LogP contribution in [0.3, 0.4) is 0 Å². The molecule has 0 radical (unpaired) electrons. The summed E-state index contributed by atoms with van der Waals surface area (Å²) in [6, 6.07) is 16.5. The van der Waals surface area contributed by atoms with Crippen molar-refractivity contribution in [2.45, 2.75) is 19.3 Å². The number of alkyl carbamates (subject to hydrolysis) is 1. The molecule has 166 valence electrons. The third-order valence-corrected chi connectivity index (χ3v) is 4.98. The molecule has 0 aromatic heterocycles. The van der Waals surface area contributed by atoms with Gasteiger partial charge in [0, 0.05) is 26.0 Å². The Morgan fingerprint density at radius 2 is 1.39 bits per heavy atom. The van der Waals surface area contributed by atoms with Crippen molar-refractivity contribution in [1.29, 1.82) is 0 Å². The van der Waals surface area contributed by atoms with Gasteiger partial charge < -0.3 is 24.3 Å². The van der Waals surface area contributed by atoms with Gasteiger partial charge in [-0.15, -0.1) is 0 Å². The van der Waals surface area contributed by atoms with Crippen molar-refractivity contribution < 1.29 is 28.5 Å². The van der Waals surface area contributed by atoms with Crippen LogP contribution in [0.5, 0.6) is 0 Å². The lowest BCUT2D eigenvalue weighted by atomic mass is 9.98. The van der Waals surface area contributed by atoms with E-state index in [2.05, 4.69) is 29.6 Å². The van der Waals surface area contributed by atoms with Gasteiger partial charge in [0.25, 0.3) is 0 Å². The molecule has 0 fully saturated rings. The van der Waals surface area contributed by atoms with Crippen LogP contribution in [0.15, 0.2) is 48.5 Å². The van der Waals surface area contributed by atoms with Crippen molar-refractivity contribution in [1.82, 2.24) is 5.32 Å². The Morgan fingerprint density at radius 1 is 0.806 bits per heavy atom. The molecule has 1 amide bonds. The van der Waals surface area contributed by atoms with Crippen LogP contribution in [0, 0.1) is 0 Å². The number of carbonyl (C=O) groups excluding carboxylic acids is 2. The molecule has 0 bridgehead atoms. The van der Waals surface area contributed by atoms with Gasteiger partial charge in [-0.25, -0.2) is 4.79 Å². The first-order valence-electron chi connectivity index (χ1n) is 10.5. The fourth-order valence-electron chi connectivity index (χ4n) is 3.58. The summed E-state index contributed by atoms with van der Waals surface area (Å²) in [4.78, 5) is 22.7. The largest absolute Gasteiger partial charge is 0.463 e. The lowest BCUT2D eigenvalue weighted by Crippen LogP contribution is -2.27. The van der Waals surface area contributed by atoms with Crippen LogP contribution in [-0.4, -0.2) is 58.2 Å². The molecule has 2 aromatic carbocycles. The quantitative estimate of drug-likeness (QED) is 0.412. The maximum atomic E-state index is 12.1. The van der Waals surface area contributed by atoms with Gasteiger partial charge in [-0.3, -0.25) is 4.79 Å². The maximum absolute atomic E-state index is 12.1. The molecule has 0 saturated carbocycles. The van der Waals surface area contributed by atoms with Crippen molar-refractivity contribution >= 4 is 12.1 Å². The second-order valence-corrected chi connectivity index (χ2v) is 7.17. The number of ether oxygens (including phenoxy) is 4. The van der Waals surface area contributed by atoms with Crippen molar-refractivity contribution in [2.24, 2.45) is 0 Å². The summed E-state index contributed by atoms with van der Waals surface area (Å²) in [6.45, 7) is 4.14. The molecule has 0 unspecified atom stereocenters. The third-order valence-electron chi connectivity index (χ3n) is 4.98. The van der Waals surface area contributed by atoms with Gasteiger partial charge in [-0.2, -0.15) is 0 Å². The highest BCUT2D eigenvalue weighted by atomic mass is 16.6. The van der Waals surface area contributed by atoms with Crippen LogP contribution < -0.4 is 5.32 Å². The van der Waals surface area contributed by atoms with Crippen LogP contribution in [0.25, 0.3) is 11.1 Å². The molecule has 0 saturated heterocycles. The topological polar surface area (TPSA) is 83.1 Å². The lowest BCUT2D eigenvalue weighted by Gasteiger charge is -2.14. The molecule has 0 aliphatic heterocycles. The summed E-state index contributed by atoms with van der Waals surface area (Å²) in [5, 5.41) is 2.76. The number of rotatable bonds is 12. The summed E-state index contributed by atoms with van der Waals surface area (Å²) in [6.07, 6.45) is 0.258. The Bertz CT molecular complexity index is 823. The number of carbonyl (C=O) groups is 2. The van der Waals surface area contributed by atoms with Crippen LogP contribution in [-0.2, 0) is 23.7 Å². The molecule has 1 N–H and O–H groups in total. The standard InChI is InChI=1S/C24H29NO6/c1-18(26)30-16-15-29-14-13-28-12-6-11-25-24(27)31-17-23-21-9-4-2-7-19(21)20-8-3-5-10-22(20)23/h2-5,7-10,23H,6,11-17H2,1H3,(H,25,27). The number of hydrogen-bond acceptors (Lipinski definition) is 6. The van der Waals surface area contributed by atoms with E-state index in [1.807, 2.05) is 24.3 Å². The van der Waals surface area contributed by atoms with Gasteiger partial charge >= 0.3 is 12.1 Å². The molecule has 7 heteroatoms. The average molecular weight is 427 g/mol. The van der Waals surface area contributed by atoms with Crippen LogP contribution >= 0.6 is 0 Å². The second-order valence-electron chi connectivity index (χ2n) is 7.17. The Labute approximate surface area is 182 Å². The predicted molar refractivity (Wildman–Crippen MR) is 116 cm³/mol. The van der Waals surface area contributed by atoms with Crippen molar-refractivity contribution in [3.63, 3.8) is 0 Å². The normalized spacial score (nSPS) is 12.2. The molecule has 0 heterocycles. The molecule has 0 atom stereocenters. The van der Waals surface area contributed by atoms with E-state index in [1.54, 1.807) is 0 Å².